The molecule has 0 saturated carbocycles. The smallest absolute Gasteiger partial charge is 0.242 e. The van der Waals surface area contributed by atoms with Crippen LogP contribution in [0, 0.1) is 0 Å². The molecule has 0 aliphatic carbocycles. The number of benzene rings is 3. The lowest BCUT2D eigenvalue weighted by molar-refractivity contribution is -0.140. The highest BCUT2D eigenvalue weighted by Crippen LogP contribution is 2.30. The summed E-state index contributed by atoms with van der Waals surface area (Å²) in [7, 11) is 1.60. The molecule has 1 atom stereocenters. The first-order valence-corrected chi connectivity index (χ1v) is 12.1. The average molecular weight is 473 g/mol. The van der Waals surface area contributed by atoms with Gasteiger partial charge in [-0.3, -0.25) is 9.59 Å². The molecule has 35 heavy (non-hydrogen) atoms. The monoisotopic (exact) mass is 472 g/mol. The summed E-state index contributed by atoms with van der Waals surface area (Å²) in [4.78, 5) is 28.0. The van der Waals surface area contributed by atoms with Crippen LogP contribution in [0.25, 0.3) is 0 Å². The predicted molar refractivity (Wildman–Crippen MR) is 135 cm³/mol. The second-order valence-electron chi connectivity index (χ2n) is 8.75. The Hall–Kier alpha value is -3.80. The van der Waals surface area contributed by atoms with Crippen molar-refractivity contribution >= 4 is 11.8 Å². The summed E-state index contributed by atoms with van der Waals surface area (Å²) in [6, 6.07) is 24.8. The van der Waals surface area contributed by atoms with E-state index in [4.69, 9.17) is 9.47 Å². The molecule has 1 N–H and O–H groups in total. The van der Waals surface area contributed by atoms with Crippen molar-refractivity contribution in [2.75, 3.05) is 13.7 Å². The Morgan fingerprint density at radius 3 is 2.34 bits per heavy atom. The van der Waals surface area contributed by atoms with E-state index in [-0.39, 0.29) is 18.2 Å². The maximum absolute atomic E-state index is 13.4. The number of methoxy groups -OCH3 is 1. The number of amides is 2. The quantitative estimate of drug-likeness (QED) is 0.497. The molecule has 6 heteroatoms. The zero-order valence-electron chi connectivity index (χ0n) is 20.1. The van der Waals surface area contributed by atoms with Gasteiger partial charge >= 0.3 is 0 Å². The third-order valence-corrected chi connectivity index (χ3v) is 6.22. The lowest BCUT2D eigenvalue weighted by Gasteiger charge is -2.30. The van der Waals surface area contributed by atoms with Crippen LogP contribution in [0.1, 0.15) is 36.0 Å². The third kappa shape index (κ3) is 6.63. The van der Waals surface area contributed by atoms with Crippen LogP contribution in [0.3, 0.4) is 0 Å². The minimum atomic E-state index is -0.492. The normalized spacial score (nSPS) is 15.6. The van der Waals surface area contributed by atoms with Gasteiger partial charge in [0.1, 0.15) is 12.6 Å². The predicted octanol–water partition coefficient (Wildman–Crippen LogP) is 4.51. The Balaban J connectivity index is 1.54. The third-order valence-electron chi connectivity index (χ3n) is 6.22. The number of hydrogen-bond acceptors (Lipinski definition) is 4. The van der Waals surface area contributed by atoms with Crippen molar-refractivity contribution in [3.63, 3.8) is 0 Å². The molecule has 1 saturated heterocycles. The van der Waals surface area contributed by atoms with Crippen molar-refractivity contribution in [2.24, 2.45) is 0 Å². The average Bonchev–Trinajstić information content (AvgIpc) is 3.11. The minimum Gasteiger partial charge on any atom is -0.493 e. The number of hydrogen-bond donors (Lipinski definition) is 1. The Bertz CT molecular complexity index is 1120. The molecule has 1 aliphatic heterocycles. The molecular weight excluding hydrogens is 440 g/mol. The van der Waals surface area contributed by atoms with E-state index in [0.717, 1.165) is 29.5 Å². The summed E-state index contributed by atoms with van der Waals surface area (Å²) in [5, 5.41) is 2.97. The topological polar surface area (TPSA) is 67.9 Å². The van der Waals surface area contributed by atoms with Gasteiger partial charge in [0, 0.05) is 13.1 Å². The number of nitrogens with zero attached hydrogens (tertiary/aromatic N) is 1. The fourth-order valence-corrected chi connectivity index (χ4v) is 4.33. The van der Waals surface area contributed by atoms with Gasteiger partial charge in [-0.25, -0.2) is 0 Å². The molecule has 1 aliphatic rings. The summed E-state index contributed by atoms with van der Waals surface area (Å²) in [5.74, 6) is 1.08. The fraction of sp³-hybridized carbons (Fsp3) is 0.310. The summed E-state index contributed by atoms with van der Waals surface area (Å²) < 4.78 is 11.6. The first kappa shape index (κ1) is 24.3. The molecule has 0 bridgehead atoms. The van der Waals surface area contributed by atoms with E-state index >= 15 is 0 Å². The molecule has 1 fully saturated rings. The Kier molecular flexibility index (Phi) is 8.39. The van der Waals surface area contributed by atoms with Crippen LogP contribution in [0.2, 0.25) is 0 Å². The van der Waals surface area contributed by atoms with E-state index in [1.807, 2.05) is 78.9 Å². The van der Waals surface area contributed by atoms with Gasteiger partial charge < -0.3 is 19.7 Å². The largest absolute Gasteiger partial charge is 0.493 e. The number of carbonyl (C=O) groups is 2. The van der Waals surface area contributed by atoms with Gasteiger partial charge in [0.15, 0.2) is 11.5 Å². The Morgan fingerprint density at radius 2 is 1.63 bits per heavy atom. The van der Waals surface area contributed by atoms with E-state index in [2.05, 4.69) is 5.32 Å². The highest BCUT2D eigenvalue weighted by Gasteiger charge is 2.31. The second kappa shape index (κ2) is 12.1. The second-order valence-corrected chi connectivity index (χ2v) is 8.75. The van der Waals surface area contributed by atoms with Crippen LogP contribution in [0.15, 0.2) is 78.9 Å². The maximum atomic E-state index is 13.4. The number of carbonyl (C=O) groups excluding carboxylic acids is 2. The number of rotatable bonds is 9. The summed E-state index contributed by atoms with van der Waals surface area (Å²) >= 11 is 0. The SMILES string of the molecule is COc1cc(CN(C(=O)Cc2ccccc2)C2CCCCNC2=O)ccc1OCc1ccccc1. The van der Waals surface area contributed by atoms with Gasteiger partial charge in [-0.1, -0.05) is 66.7 Å². The van der Waals surface area contributed by atoms with E-state index in [1.54, 1.807) is 12.0 Å². The lowest BCUT2D eigenvalue weighted by Crippen LogP contribution is -2.48. The van der Waals surface area contributed by atoms with E-state index in [0.29, 0.717) is 37.6 Å². The highest BCUT2D eigenvalue weighted by molar-refractivity contribution is 5.88. The lowest BCUT2D eigenvalue weighted by atomic mass is 10.0. The summed E-state index contributed by atoms with van der Waals surface area (Å²) in [5.41, 5.74) is 2.88. The van der Waals surface area contributed by atoms with Crippen LogP contribution in [-0.2, 0) is 29.2 Å². The van der Waals surface area contributed by atoms with Crippen LogP contribution in [0.4, 0.5) is 0 Å². The van der Waals surface area contributed by atoms with Crippen LogP contribution in [-0.4, -0.2) is 36.4 Å². The van der Waals surface area contributed by atoms with Crippen LogP contribution < -0.4 is 14.8 Å². The van der Waals surface area contributed by atoms with Crippen molar-refractivity contribution in [3.8, 4) is 11.5 Å². The maximum Gasteiger partial charge on any atom is 0.242 e. The molecule has 3 aromatic rings. The van der Waals surface area contributed by atoms with Gasteiger partial charge in [0.25, 0.3) is 0 Å². The van der Waals surface area contributed by atoms with Gasteiger partial charge in [0.05, 0.1) is 13.5 Å². The Labute approximate surface area is 206 Å². The molecule has 6 nitrogen and oxygen atoms in total. The number of ether oxygens (including phenoxy) is 2. The molecule has 2 amide bonds. The van der Waals surface area contributed by atoms with E-state index < -0.39 is 6.04 Å². The molecule has 0 radical (unpaired) electrons. The first-order valence-electron chi connectivity index (χ1n) is 12.1. The van der Waals surface area contributed by atoms with Crippen LogP contribution >= 0.6 is 0 Å². The summed E-state index contributed by atoms with van der Waals surface area (Å²) in [6.45, 7) is 1.40. The van der Waals surface area contributed by atoms with Crippen molar-refractivity contribution in [3.05, 3.63) is 95.6 Å². The molecule has 1 unspecified atom stereocenters. The van der Waals surface area contributed by atoms with E-state index in [9.17, 15) is 9.59 Å². The van der Waals surface area contributed by atoms with Gasteiger partial charge in [0.2, 0.25) is 11.8 Å². The van der Waals surface area contributed by atoms with Crippen molar-refractivity contribution < 1.29 is 19.1 Å². The Morgan fingerprint density at radius 1 is 0.914 bits per heavy atom. The van der Waals surface area contributed by atoms with Crippen molar-refractivity contribution in [2.45, 2.75) is 44.9 Å². The zero-order chi connectivity index (χ0) is 24.5. The van der Waals surface area contributed by atoms with Crippen molar-refractivity contribution in [1.82, 2.24) is 10.2 Å². The number of nitrogens with one attached hydrogen (secondary N) is 1. The molecule has 4 rings (SSSR count). The van der Waals surface area contributed by atoms with Crippen molar-refractivity contribution in [1.29, 1.82) is 0 Å². The van der Waals surface area contributed by atoms with Gasteiger partial charge in [-0.2, -0.15) is 0 Å². The fourth-order valence-electron chi connectivity index (χ4n) is 4.33. The molecular formula is C29H32N2O4. The van der Waals surface area contributed by atoms with Gasteiger partial charge in [-0.05, 0) is 48.1 Å². The minimum absolute atomic E-state index is 0.0679. The first-order chi connectivity index (χ1) is 17.1. The van der Waals surface area contributed by atoms with Gasteiger partial charge in [-0.15, -0.1) is 0 Å². The molecule has 0 spiro atoms. The molecule has 0 aromatic heterocycles. The zero-order valence-corrected chi connectivity index (χ0v) is 20.1. The van der Waals surface area contributed by atoms with Crippen LogP contribution in [0.5, 0.6) is 11.5 Å². The van der Waals surface area contributed by atoms with E-state index in [1.165, 1.54) is 0 Å². The summed E-state index contributed by atoms with van der Waals surface area (Å²) in [6.07, 6.45) is 2.72. The molecule has 182 valence electrons. The highest BCUT2D eigenvalue weighted by atomic mass is 16.5. The molecule has 1 heterocycles. The molecule has 3 aromatic carbocycles. The standard InChI is InChI=1S/C29H32N2O4/c1-34-27-18-24(15-16-26(27)35-21-23-12-6-3-7-13-23)20-31(25-14-8-9-17-30-29(25)33)28(32)19-22-10-4-2-5-11-22/h2-7,10-13,15-16,18,25H,8-9,14,17,19-21H2,1H3,(H,30,33).